The molecule has 1 atom stereocenters. The molecule has 3 heterocycles. The molecule has 0 spiro atoms. The second kappa shape index (κ2) is 10.4. The van der Waals surface area contributed by atoms with Crippen LogP contribution in [0, 0.1) is 5.41 Å². The number of aromatic nitrogens is 3. The minimum Gasteiger partial charge on any atom is -0.350 e. The van der Waals surface area contributed by atoms with E-state index < -0.39 is 39.6 Å². The Kier molecular flexibility index (Phi) is 7.89. The summed E-state index contributed by atoms with van der Waals surface area (Å²) in [5, 5.41) is 7.00. The molecule has 0 aromatic carbocycles. The van der Waals surface area contributed by atoms with Gasteiger partial charge >= 0.3 is 6.18 Å². The van der Waals surface area contributed by atoms with Crippen LogP contribution in [0.2, 0.25) is 0 Å². The van der Waals surface area contributed by atoms with Gasteiger partial charge in [-0.05, 0) is 32.1 Å². The molecule has 1 aliphatic rings. The summed E-state index contributed by atoms with van der Waals surface area (Å²) < 4.78 is 56.8. The van der Waals surface area contributed by atoms with E-state index in [9.17, 15) is 27.2 Å². The Bertz CT molecular complexity index is 1360. The van der Waals surface area contributed by atoms with Crippen LogP contribution in [0.3, 0.4) is 0 Å². The maximum Gasteiger partial charge on any atom is 0.431 e. The van der Waals surface area contributed by atoms with Crippen LogP contribution in [0.15, 0.2) is 51.8 Å². The summed E-state index contributed by atoms with van der Waals surface area (Å²) in [6.45, 7) is 7.23. The summed E-state index contributed by atoms with van der Waals surface area (Å²) in [4.78, 5) is 36.2. The van der Waals surface area contributed by atoms with Gasteiger partial charge < -0.3 is 9.80 Å². The summed E-state index contributed by atoms with van der Waals surface area (Å²) >= 11 is 11.4. The molecule has 14 heteroatoms. The molecular formula is C22H20Cl2F4N6O2. The first-order valence-corrected chi connectivity index (χ1v) is 11.2. The van der Waals surface area contributed by atoms with E-state index in [1.165, 1.54) is 17.9 Å². The number of alkyl halides is 3. The van der Waals surface area contributed by atoms with E-state index in [1.54, 1.807) is 11.8 Å². The van der Waals surface area contributed by atoms with Crippen molar-refractivity contribution in [2.45, 2.75) is 26.1 Å². The van der Waals surface area contributed by atoms with Crippen LogP contribution in [0.1, 0.15) is 19.5 Å². The van der Waals surface area contributed by atoms with Crippen LogP contribution in [0.25, 0.3) is 10.9 Å². The van der Waals surface area contributed by atoms with E-state index in [2.05, 4.69) is 16.5 Å². The fourth-order valence-corrected chi connectivity index (χ4v) is 4.23. The monoisotopic (exact) mass is 546 g/mol. The Hall–Kier alpha value is -3.25. The molecule has 192 valence electrons. The van der Waals surface area contributed by atoms with Crippen molar-refractivity contribution in [1.82, 2.24) is 19.4 Å². The number of hydrogen-bond acceptors (Lipinski definition) is 6. The normalized spacial score (nSPS) is 17.8. The molecule has 36 heavy (non-hydrogen) atoms. The van der Waals surface area contributed by atoms with Gasteiger partial charge in [-0.1, -0.05) is 29.8 Å². The average Bonchev–Trinajstić information content (AvgIpc) is 2.81. The molecule has 8 nitrogen and oxygen atoms in total. The summed E-state index contributed by atoms with van der Waals surface area (Å²) in [5.41, 5.74) is -3.45. The largest absolute Gasteiger partial charge is 0.431 e. The van der Waals surface area contributed by atoms with Crippen LogP contribution < -0.4 is 10.5 Å². The van der Waals surface area contributed by atoms with Crippen LogP contribution in [-0.2, 0) is 11.0 Å². The van der Waals surface area contributed by atoms with E-state index >= 15 is 0 Å². The van der Waals surface area contributed by atoms with E-state index in [4.69, 9.17) is 28.6 Å². The molecule has 2 aromatic heterocycles. The molecule has 0 unspecified atom stereocenters. The third-order valence-corrected chi connectivity index (χ3v) is 5.82. The summed E-state index contributed by atoms with van der Waals surface area (Å²) in [6, 6.07) is 0.221. The second-order valence-electron chi connectivity index (χ2n) is 7.90. The molecule has 0 radical (unpaired) electrons. The third-order valence-electron chi connectivity index (χ3n) is 5.43. The molecule has 1 amide bonds. The second-order valence-corrected chi connectivity index (χ2v) is 8.90. The van der Waals surface area contributed by atoms with Crippen LogP contribution in [0.5, 0.6) is 0 Å². The van der Waals surface area contributed by atoms with Gasteiger partial charge in [0, 0.05) is 30.7 Å². The smallest absolute Gasteiger partial charge is 0.350 e. The van der Waals surface area contributed by atoms with Gasteiger partial charge in [0.1, 0.15) is 23.4 Å². The Balaban J connectivity index is 2.22. The zero-order valence-corrected chi connectivity index (χ0v) is 20.5. The molecule has 0 saturated carbocycles. The van der Waals surface area contributed by atoms with Gasteiger partial charge in [-0.3, -0.25) is 19.6 Å². The van der Waals surface area contributed by atoms with Crippen molar-refractivity contribution < 1.29 is 22.4 Å². The van der Waals surface area contributed by atoms with Crippen molar-refractivity contribution in [2.75, 3.05) is 24.5 Å². The standard InChI is InChI=1S/C22H20Cl2F4N6O2/c1-4-16(35)32-5-6-33(12(3)9-32)20-13-8-15(22(26,27)28)34(21(36)18(13)30-10-31-20)19(29)17(25)14(24)7-11(2)23/h4,7-8,10,12,29H,1,5-6,9H2,2-3H3/b11-7+,17-14-,29-19?/t12-/m1/s1. The number of nitrogens with one attached hydrogen (secondary N) is 1. The predicted octanol–water partition coefficient (Wildman–Crippen LogP) is 4.42. The molecular weight excluding hydrogens is 527 g/mol. The number of rotatable bonds is 4. The number of amides is 1. The average molecular weight is 547 g/mol. The minimum atomic E-state index is -5.15. The Morgan fingerprint density at radius 2 is 1.94 bits per heavy atom. The van der Waals surface area contributed by atoms with Crippen molar-refractivity contribution >= 4 is 51.7 Å². The van der Waals surface area contributed by atoms with E-state index in [-0.39, 0.29) is 52.4 Å². The third kappa shape index (κ3) is 5.29. The number of carbonyl (C=O) groups is 1. The first kappa shape index (κ1) is 27.3. The van der Waals surface area contributed by atoms with Crippen molar-refractivity contribution in [1.29, 1.82) is 5.41 Å². The Morgan fingerprint density at radius 3 is 2.50 bits per heavy atom. The lowest BCUT2D eigenvalue weighted by Crippen LogP contribution is -2.53. The Morgan fingerprint density at radius 1 is 1.28 bits per heavy atom. The van der Waals surface area contributed by atoms with Gasteiger partial charge in [0.2, 0.25) is 5.91 Å². The molecule has 0 aliphatic carbocycles. The van der Waals surface area contributed by atoms with Gasteiger partial charge in [0.15, 0.2) is 11.7 Å². The highest BCUT2D eigenvalue weighted by molar-refractivity contribution is 6.35. The van der Waals surface area contributed by atoms with Crippen LogP contribution in [0.4, 0.5) is 23.4 Å². The predicted molar refractivity (Wildman–Crippen MR) is 129 cm³/mol. The van der Waals surface area contributed by atoms with Gasteiger partial charge in [-0.2, -0.15) is 13.2 Å². The molecule has 3 rings (SSSR count). The topological polar surface area (TPSA) is 95.2 Å². The SMILES string of the molecule is C=CC(=O)N1CCN(c2ncnc3c(=O)n(C(=N)/C(F)=C(Cl)\C=C(/C)Cl)c(C(F)(F)F)cc23)[C@H](C)C1. The van der Waals surface area contributed by atoms with Gasteiger partial charge in [-0.25, -0.2) is 14.4 Å². The van der Waals surface area contributed by atoms with E-state index in [1.807, 2.05) is 0 Å². The highest BCUT2D eigenvalue weighted by atomic mass is 35.5. The maximum absolute atomic E-state index is 14.7. The number of fused-ring (bicyclic) bond motifs is 1. The van der Waals surface area contributed by atoms with Gasteiger partial charge in [0.05, 0.1) is 10.4 Å². The lowest BCUT2D eigenvalue weighted by Gasteiger charge is -2.40. The minimum absolute atomic E-state index is 0.00578. The number of anilines is 1. The number of nitrogens with zero attached hydrogens (tertiary/aromatic N) is 5. The molecule has 1 aliphatic heterocycles. The fourth-order valence-electron chi connectivity index (χ4n) is 3.82. The number of halogens is 6. The number of piperazine rings is 1. The number of pyridine rings is 1. The lowest BCUT2D eigenvalue weighted by molar-refractivity contribution is -0.142. The highest BCUT2D eigenvalue weighted by Gasteiger charge is 2.38. The van der Waals surface area contributed by atoms with Crippen molar-refractivity contribution in [3.8, 4) is 0 Å². The number of carbonyl (C=O) groups excluding carboxylic acids is 1. The molecule has 2 aromatic rings. The maximum atomic E-state index is 14.7. The quantitative estimate of drug-likeness (QED) is 0.201. The van der Waals surface area contributed by atoms with E-state index in [0.29, 0.717) is 6.07 Å². The summed E-state index contributed by atoms with van der Waals surface area (Å²) in [7, 11) is 0. The van der Waals surface area contributed by atoms with E-state index in [0.717, 1.165) is 12.4 Å². The summed E-state index contributed by atoms with van der Waals surface area (Å²) in [5.74, 6) is -3.27. The molecule has 1 N–H and O–H groups in total. The molecule has 0 bridgehead atoms. The first-order valence-electron chi connectivity index (χ1n) is 10.4. The fraction of sp³-hybridized carbons (Fsp3) is 0.318. The van der Waals surface area contributed by atoms with Crippen LogP contribution >= 0.6 is 23.2 Å². The van der Waals surface area contributed by atoms with Crippen molar-refractivity contribution in [3.05, 3.63) is 63.1 Å². The number of hydrogen-bond donors (Lipinski definition) is 1. The zero-order chi connectivity index (χ0) is 26.9. The molecule has 1 saturated heterocycles. The van der Waals surface area contributed by atoms with Gasteiger partial charge in [0.25, 0.3) is 5.56 Å². The van der Waals surface area contributed by atoms with Gasteiger partial charge in [-0.15, -0.1) is 0 Å². The zero-order valence-electron chi connectivity index (χ0n) is 19.0. The number of allylic oxidation sites excluding steroid dienone is 4. The lowest BCUT2D eigenvalue weighted by atomic mass is 10.1. The summed E-state index contributed by atoms with van der Waals surface area (Å²) in [6.07, 6.45) is -2.10. The van der Waals surface area contributed by atoms with Crippen molar-refractivity contribution in [3.63, 3.8) is 0 Å². The van der Waals surface area contributed by atoms with Crippen LogP contribution in [-0.4, -0.2) is 56.9 Å². The molecule has 1 fully saturated rings. The first-order chi connectivity index (χ1) is 16.8. The van der Waals surface area contributed by atoms with Crippen molar-refractivity contribution in [2.24, 2.45) is 0 Å². The Labute approximate surface area is 212 Å². The highest BCUT2D eigenvalue weighted by Crippen LogP contribution is 2.34.